The summed E-state index contributed by atoms with van der Waals surface area (Å²) in [4.78, 5) is 0. The molecule has 0 spiro atoms. The molecule has 0 radical (unpaired) electrons. The molecule has 0 heterocycles. The Hall–Kier alpha value is -1.26. The summed E-state index contributed by atoms with van der Waals surface area (Å²) >= 11 is 0. The van der Waals surface area contributed by atoms with Crippen LogP contribution in [0.25, 0.3) is 0 Å². The number of aliphatic hydroxyl groups excluding tert-OH is 1. The molecule has 2 N–H and O–H groups in total. The van der Waals surface area contributed by atoms with Gasteiger partial charge in [-0.25, -0.2) is 0 Å². The lowest BCUT2D eigenvalue weighted by atomic mass is 10.0. The molecule has 0 aliphatic carbocycles. The molecule has 1 atom stereocenters. The number of para-hydroxylation sites is 2. The molecule has 0 aliphatic rings. The van der Waals surface area contributed by atoms with Gasteiger partial charge in [0.25, 0.3) is 0 Å². The fourth-order valence-corrected chi connectivity index (χ4v) is 2.32. The number of hydrogen-bond donors (Lipinski definition) is 2. The van der Waals surface area contributed by atoms with Crippen LogP contribution in [0.5, 0.6) is 11.5 Å². The molecule has 21 heavy (non-hydrogen) atoms. The lowest BCUT2D eigenvalue weighted by Gasteiger charge is -2.16. The third-order valence-electron chi connectivity index (χ3n) is 3.35. The van der Waals surface area contributed by atoms with E-state index in [9.17, 15) is 0 Å². The molecule has 0 saturated carbocycles. The largest absolute Gasteiger partial charge is 0.490 e. The summed E-state index contributed by atoms with van der Waals surface area (Å²) in [6.45, 7) is 7.40. The smallest absolute Gasteiger partial charge is 0.161 e. The van der Waals surface area contributed by atoms with Gasteiger partial charge in [-0.05, 0) is 44.4 Å². The first-order chi connectivity index (χ1) is 10.3. The normalized spacial score (nSPS) is 12.1. The second-order valence-corrected chi connectivity index (χ2v) is 5.10. The van der Waals surface area contributed by atoms with E-state index >= 15 is 0 Å². The van der Waals surface area contributed by atoms with Crippen molar-refractivity contribution in [1.29, 1.82) is 0 Å². The summed E-state index contributed by atoms with van der Waals surface area (Å²) in [5.41, 5.74) is 0. The second kappa shape index (κ2) is 11.4. The summed E-state index contributed by atoms with van der Waals surface area (Å²) in [5.74, 6) is 2.14. The molecule has 0 fully saturated rings. The predicted octanol–water partition coefficient (Wildman–Crippen LogP) is 2.85. The van der Waals surface area contributed by atoms with Crippen LogP contribution in [0.3, 0.4) is 0 Å². The first-order valence-corrected chi connectivity index (χ1v) is 7.98. The molecule has 4 heteroatoms. The molecule has 1 rings (SSSR count). The van der Waals surface area contributed by atoms with Crippen LogP contribution in [0.2, 0.25) is 0 Å². The molecular weight excluding hydrogens is 266 g/mol. The van der Waals surface area contributed by atoms with Gasteiger partial charge < -0.3 is 19.9 Å². The van der Waals surface area contributed by atoms with E-state index in [-0.39, 0.29) is 6.61 Å². The highest BCUT2D eigenvalue weighted by atomic mass is 16.5. The minimum absolute atomic E-state index is 0.268. The maximum atomic E-state index is 9.03. The standard InChI is InChI=1S/C17H29NO3/c1-3-7-15(10-12-19)14-18-11-13-21-17-9-6-5-8-16(17)20-4-2/h5-6,8-9,15,18-19H,3-4,7,10-14H2,1-2H3. The first-order valence-electron chi connectivity index (χ1n) is 7.98. The fraction of sp³-hybridized carbons (Fsp3) is 0.647. The number of nitrogens with one attached hydrogen (secondary N) is 1. The highest BCUT2D eigenvalue weighted by Gasteiger charge is 2.07. The lowest BCUT2D eigenvalue weighted by Crippen LogP contribution is -2.27. The highest BCUT2D eigenvalue weighted by molar-refractivity contribution is 5.39. The van der Waals surface area contributed by atoms with Crippen LogP contribution in [0.15, 0.2) is 24.3 Å². The van der Waals surface area contributed by atoms with Crippen LogP contribution in [0.4, 0.5) is 0 Å². The lowest BCUT2D eigenvalue weighted by molar-refractivity contribution is 0.242. The summed E-state index contributed by atoms with van der Waals surface area (Å²) in [6, 6.07) is 7.74. The van der Waals surface area contributed by atoms with Gasteiger partial charge in [0.15, 0.2) is 11.5 Å². The van der Waals surface area contributed by atoms with Gasteiger partial charge in [0.1, 0.15) is 6.61 Å². The molecule has 0 aromatic heterocycles. The molecule has 1 aromatic rings. The number of aliphatic hydroxyl groups is 1. The van der Waals surface area contributed by atoms with Crippen LogP contribution < -0.4 is 14.8 Å². The van der Waals surface area contributed by atoms with Gasteiger partial charge in [-0.15, -0.1) is 0 Å². The second-order valence-electron chi connectivity index (χ2n) is 5.10. The number of benzene rings is 1. The molecule has 0 saturated heterocycles. The van der Waals surface area contributed by atoms with Gasteiger partial charge >= 0.3 is 0 Å². The van der Waals surface area contributed by atoms with Crippen LogP contribution >= 0.6 is 0 Å². The van der Waals surface area contributed by atoms with Crippen molar-refractivity contribution in [2.24, 2.45) is 5.92 Å². The van der Waals surface area contributed by atoms with Crippen molar-refractivity contribution in [2.75, 3.05) is 32.9 Å². The molecule has 120 valence electrons. The topological polar surface area (TPSA) is 50.7 Å². The van der Waals surface area contributed by atoms with Crippen molar-refractivity contribution >= 4 is 0 Å². The Labute approximate surface area is 128 Å². The van der Waals surface area contributed by atoms with E-state index in [0.717, 1.165) is 43.9 Å². The number of hydrogen-bond acceptors (Lipinski definition) is 4. The zero-order valence-corrected chi connectivity index (χ0v) is 13.3. The summed E-state index contributed by atoms with van der Waals surface area (Å²) in [7, 11) is 0. The van der Waals surface area contributed by atoms with E-state index < -0.39 is 0 Å². The molecule has 1 aromatic carbocycles. The van der Waals surface area contributed by atoms with E-state index in [1.54, 1.807) is 0 Å². The third kappa shape index (κ3) is 7.34. The van der Waals surface area contributed by atoms with Crippen LogP contribution in [0, 0.1) is 5.92 Å². The first kappa shape index (κ1) is 17.8. The van der Waals surface area contributed by atoms with Gasteiger partial charge in [-0.3, -0.25) is 0 Å². The Bertz CT molecular complexity index is 365. The zero-order valence-electron chi connectivity index (χ0n) is 13.3. The minimum atomic E-state index is 0.268. The van der Waals surface area contributed by atoms with Crippen molar-refractivity contribution in [3.05, 3.63) is 24.3 Å². The molecule has 4 nitrogen and oxygen atoms in total. The summed E-state index contributed by atoms with van der Waals surface area (Å²) in [6.07, 6.45) is 3.18. The van der Waals surface area contributed by atoms with Crippen molar-refractivity contribution in [3.63, 3.8) is 0 Å². The monoisotopic (exact) mass is 295 g/mol. The Morgan fingerprint density at radius 3 is 2.43 bits per heavy atom. The molecule has 0 bridgehead atoms. The van der Waals surface area contributed by atoms with E-state index in [4.69, 9.17) is 14.6 Å². The zero-order chi connectivity index (χ0) is 15.3. The van der Waals surface area contributed by atoms with Crippen LogP contribution in [0.1, 0.15) is 33.1 Å². The molecule has 0 amide bonds. The average molecular weight is 295 g/mol. The van der Waals surface area contributed by atoms with Gasteiger partial charge in [-0.2, -0.15) is 0 Å². The van der Waals surface area contributed by atoms with E-state index in [0.29, 0.717) is 19.1 Å². The Balaban J connectivity index is 2.24. The van der Waals surface area contributed by atoms with Crippen molar-refractivity contribution in [2.45, 2.75) is 33.1 Å². The van der Waals surface area contributed by atoms with Gasteiger partial charge in [-0.1, -0.05) is 25.5 Å². The van der Waals surface area contributed by atoms with Gasteiger partial charge in [0, 0.05) is 13.2 Å². The highest BCUT2D eigenvalue weighted by Crippen LogP contribution is 2.26. The molecular formula is C17H29NO3. The maximum Gasteiger partial charge on any atom is 0.161 e. The van der Waals surface area contributed by atoms with E-state index in [2.05, 4.69) is 12.2 Å². The maximum absolute atomic E-state index is 9.03. The average Bonchev–Trinajstić information content (AvgIpc) is 2.49. The Morgan fingerprint density at radius 2 is 1.81 bits per heavy atom. The minimum Gasteiger partial charge on any atom is -0.490 e. The van der Waals surface area contributed by atoms with Gasteiger partial charge in [0.05, 0.1) is 6.61 Å². The van der Waals surface area contributed by atoms with Crippen molar-refractivity contribution < 1.29 is 14.6 Å². The van der Waals surface area contributed by atoms with Crippen molar-refractivity contribution in [3.8, 4) is 11.5 Å². The Morgan fingerprint density at radius 1 is 1.10 bits per heavy atom. The van der Waals surface area contributed by atoms with Crippen molar-refractivity contribution in [1.82, 2.24) is 5.32 Å². The molecule has 1 unspecified atom stereocenters. The number of rotatable bonds is 12. The van der Waals surface area contributed by atoms with E-state index in [1.807, 2.05) is 31.2 Å². The summed E-state index contributed by atoms with van der Waals surface area (Å²) < 4.78 is 11.3. The van der Waals surface area contributed by atoms with E-state index in [1.165, 1.54) is 0 Å². The van der Waals surface area contributed by atoms with Crippen LogP contribution in [-0.2, 0) is 0 Å². The quantitative estimate of drug-likeness (QED) is 0.582. The Kier molecular flexibility index (Phi) is 9.66. The van der Waals surface area contributed by atoms with Crippen LogP contribution in [-0.4, -0.2) is 38.0 Å². The fourth-order valence-electron chi connectivity index (χ4n) is 2.32. The SMILES string of the molecule is CCCC(CCO)CNCCOc1ccccc1OCC. The summed E-state index contributed by atoms with van der Waals surface area (Å²) in [5, 5.41) is 12.4. The van der Waals surface area contributed by atoms with Gasteiger partial charge in [0.2, 0.25) is 0 Å². The number of ether oxygens (including phenoxy) is 2. The molecule has 0 aliphatic heterocycles. The predicted molar refractivity (Wildman–Crippen MR) is 86.1 cm³/mol. The third-order valence-corrected chi connectivity index (χ3v) is 3.35.